The van der Waals surface area contributed by atoms with E-state index in [1.807, 2.05) is 6.92 Å². The Labute approximate surface area is 124 Å². The zero-order valence-corrected chi connectivity index (χ0v) is 12.6. The summed E-state index contributed by atoms with van der Waals surface area (Å²) in [5, 5.41) is 18.0. The maximum Gasteiger partial charge on any atom is 0.325 e. The van der Waals surface area contributed by atoms with Gasteiger partial charge in [-0.3, -0.25) is 9.48 Å². The highest BCUT2D eigenvalue weighted by atomic mass is 16.4. The fraction of sp³-hybridized carbons (Fsp3) is 0.643. The highest BCUT2D eigenvalue weighted by Crippen LogP contribution is 2.07. The van der Waals surface area contributed by atoms with Crippen LogP contribution in [0.1, 0.15) is 46.0 Å². The number of hydrogen-bond acceptors (Lipinski definition) is 3. The number of carboxylic acids is 1. The second-order valence-corrected chi connectivity index (χ2v) is 5.17. The molecule has 1 unspecified atom stereocenters. The standard InChI is InChI=1S/C14H24N4O3/c1-3-4-5-6-7-11(2)16-14(21)17-12-8-15-18(9-12)10-13(19)20/h8-9,11H,3-7,10H2,1-2H3,(H,19,20)(H2,16,17,21). The molecular weight excluding hydrogens is 272 g/mol. The number of carbonyl (C=O) groups is 2. The maximum atomic E-state index is 11.8. The van der Waals surface area contributed by atoms with Gasteiger partial charge in [0.25, 0.3) is 0 Å². The minimum Gasteiger partial charge on any atom is -0.480 e. The van der Waals surface area contributed by atoms with Crippen LogP contribution < -0.4 is 10.6 Å². The molecule has 7 heteroatoms. The summed E-state index contributed by atoms with van der Waals surface area (Å²) in [7, 11) is 0. The average molecular weight is 296 g/mol. The van der Waals surface area contributed by atoms with E-state index in [1.54, 1.807) is 0 Å². The van der Waals surface area contributed by atoms with Crippen molar-refractivity contribution in [2.45, 2.75) is 58.5 Å². The van der Waals surface area contributed by atoms with Crippen molar-refractivity contribution < 1.29 is 14.7 Å². The van der Waals surface area contributed by atoms with Gasteiger partial charge in [-0.1, -0.05) is 32.6 Å². The van der Waals surface area contributed by atoms with Gasteiger partial charge in [0.15, 0.2) is 0 Å². The smallest absolute Gasteiger partial charge is 0.325 e. The second kappa shape index (κ2) is 8.99. The van der Waals surface area contributed by atoms with E-state index < -0.39 is 5.97 Å². The van der Waals surface area contributed by atoms with Gasteiger partial charge in [0, 0.05) is 12.2 Å². The van der Waals surface area contributed by atoms with Crippen LogP contribution in [0.2, 0.25) is 0 Å². The molecule has 1 aromatic rings. The third kappa shape index (κ3) is 7.34. The van der Waals surface area contributed by atoms with Crippen molar-refractivity contribution in [2.24, 2.45) is 0 Å². The Kier molecular flexibility index (Phi) is 7.28. The van der Waals surface area contributed by atoms with E-state index in [0.717, 1.165) is 12.8 Å². The number of hydrogen-bond donors (Lipinski definition) is 3. The molecule has 0 spiro atoms. The van der Waals surface area contributed by atoms with E-state index in [1.165, 1.54) is 36.3 Å². The number of nitrogens with one attached hydrogen (secondary N) is 2. The molecule has 21 heavy (non-hydrogen) atoms. The molecular formula is C14H24N4O3. The maximum absolute atomic E-state index is 11.8. The highest BCUT2D eigenvalue weighted by Gasteiger charge is 2.09. The van der Waals surface area contributed by atoms with Crippen LogP contribution in [-0.4, -0.2) is 32.9 Å². The molecule has 0 aliphatic rings. The van der Waals surface area contributed by atoms with Crippen LogP contribution >= 0.6 is 0 Å². The Hall–Kier alpha value is -2.05. The number of rotatable bonds is 9. The van der Waals surface area contributed by atoms with E-state index in [-0.39, 0.29) is 18.6 Å². The predicted molar refractivity (Wildman–Crippen MR) is 80.2 cm³/mol. The van der Waals surface area contributed by atoms with Gasteiger partial charge in [0.2, 0.25) is 0 Å². The Bertz CT molecular complexity index is 459. The largest absolute Gasteiger partial charge is 0.480 e. The lowest BCUT2D eigenvalue weighted by atomic mass is 10.1. The zero-order chi connectivity index (χ0) is 15.7. The van der Waals surface area contributed by atoms with E-state index in [0.29, 0.717) is 5.69 Å². The molecule has 1 aromatic heterocycles. The van der Waals surface area contributed by atoms with E-state index in [4.69, 9.17) is 5.11 Å². The van der Waals surface area contributed by atoms with Gasteiger partial charge in [0.05, 0.1) is 11.9 Å². The lowest BCUT2D eigenvalue weighted by molar-refractivity contribution is -0.137. The van der Waals surface area contributed by atoms with Crippen molar-refractivity contribution in [3.05, 3.63) is 12.4 Å². The number of urea groups is 1. The number of carbonyl (C=O) groups excluding carboxylic acids is 1. The van der Waals surface area contributed by atoms with Crippen molar-refractivity contribution in [1.29, 1.82) is 0 Å². The normalized spacial score (nSPS) is 11.9. The van der Waals surface area contributed by atoms with Gasteiger partial charge in [-0.2, -0.15) is 5.10 Å². The van der Waals surface area contributed by atoms with Crippen LogP contribution in [0.25, 0.3) is 0 Å². The molecule has 1 rings (SSSR count). The predicted octanol–water partition coefficient (Wildman–Crippen LogP) is 2.45. The van der Waals surface area contributed by atoms with Gasteiger partial charge in [-0.25, -0.2) is 4.79 Å². The first-order valence-corrected chi connectivity index (χ1v) is 7.33. The molecule has 3 N–H and O–H groups in total. The van der Waals surface area contributed by atoms with E-state index in [9.17, 15) is 9.59 Å². The number of carboxylic acid groups (broad SMARTS) is 1. The molecule has 7 nitrogen and oxygen atoms in total. The summed E-state index contributed by atoms with van der Waals surface area (Å²) in [4.78, 5) is 22.3. The second-order valence-electron chi connectivity index (χ2n) is 5.17. The summed E-state index contributed by atoms with van der Waals surface area (Å²) in [5.74, 6) is -0.977. The Balaban J connectivity index is 2.29. The van der Waals surface area contributed by atoms with Gasteiger partial charge < -0.3 is 15.7 Å². The fourth-order valence-corrected chi connectivity index (χ4v) is 1.99. The topological polar surface area (TPSA) is 96.3 Å². The first-order valence-electron chi connectivity index (χ1n) is 7.33. The highest BCUT2D eigenvalue weighted by molar-refractivity contribution is 5.89. The van der Waals surface area contributed by atoms with Gasteiger partial charge in [0.1, 0.15) is 6.54 Å². The van der Waals surface area contributed by atoms with Crippen LogP contribution in [0.15, 0.2) is 12.4 Å². The quantitative estimate of drug-likeness (QED) is 0.610. The molecule has 0 aliphatic heterocycles. The first-order chi connectivity index (χ1) is 10.0. The summed E-state index contributed by atoms with van der Waals surface area (Å²) in [6.45, 7) is 3.91. The van der Waals surface area contributed by atoms with Crippen molar-refractivity contribution in [1.82, 2.24) is 15.1 Å². The van der Waals surface area contributed by atoms with Crippen molar-refractivity contribution in [3.63, 3.8) is 0 Å². The minimum absolute atomic E-state index is 0.107. The zero-order valence-electron chi connectivity index (χ0n) is 12.6. The number of aliphatic carboxylic acids is 1. The lowest BCUT2D eigenvalue weighted by Crippen LogP contribution is -2.35. The third-order valence-electron chi connectivity index (χ3n) is 3.06. The molecule has 1 atom stereocenters. The molecule has 2 amide bonds. The Morgan fingerprint density at radius 2 is 2.14 bits per heavy atom. The minimum atomic E-state index is -0.977. The van der Waals surface area contributed by atoms with Crippen LogP contribution in [0.5, 0.6) is 0 Å². The van der Waals surface area contributed by atoms with Gasteiger partial charge in [-0.05, 0) is 13.3 Å². The molecule has 1 heterocycles. The van der Waals surface area contributed by atoms with E-state index >= 15 is 0 Å². The summed E-state index contributed by atoms with van der Waals surface area (Å²) in [5.41, 5.74) is 0.479. The van der Waals surface area contributed by atoms with Crippen molar-refractivity contribution in [3.8, 4) is 0 Å². The monoisotopic (exact) mass is 296 g/mol. The molecule has 0 saturated carbocycles. The summed E-state index contributed by atoms with van der Waals surface area (Å²) >= 11 is 0. The molecule has 0 fully saturated rings. The SMILES string of the molecule is CCCCCCC(C)NC(=O)Nc1cnn(CC(=O)O)c1. The lowest BCUT2D eigenvalue weighted by Gasteiger charge is -2.13. The first kappa shape index (κ1) is 17.0. The van der Waals surface area contributed by atoms with Crippen LogP contribution in [0.3, 0.4) is 0 Å². The van der Waals surface area contributed by atoms with Crippen molar-refractivity contribution >= 4 is 17.7 Å². The number of aromatic nitrogens is 2. The number of unbranched alkanes of at least 4 members (excludes halogenated alkanes) is 3. The Morgan fingerprint density at radius 1 is 1.38 bits per heavy atom. The number of nitrogens with zero attached hydrogens (tertiary/aromatic N) is 2. The number of anilines is 1. The van der Waals surface area contributed by atoms with Gasteiger partial charge in [-0.15, -0.1) is 0 Å². The molecule has 0 radical (unpaired) electrons. The molecule has 118 valence electrons. The Morgan fingerprint density at radius 3 is 2.81 bits per heavy atom. The van der Waals surface area contributed by atoms with Crippen LogP contribution in [0.4, 0.5) is 10.5 Å². The van der Waals surface area contributed by atoms with E-state index in [2.05, 4.69) is 22.7 Å². The summed E-state index contributed by atoms with van der Waals surface area (Å²) in [6, 6.07) is -0.191. The molecule has 0 saturated heterocycles. The van der Waals surface area contributed by atoms with Crippen LogP contribution in [0, 0.1) is 0 Å². The molecule has 0 aliphatic carbocycles. The molecule has 0 aromatic carbocycles. The summed E-state index contributed by atoms with van der Waals surface area (Å²) in [6.07, 6.45) is 8.57. The molecule has 0 bridgehead atoms. The summed E-state index contributed by atoms with van der Waals surface area (Å²) < 4.78 is 1.26. The van der Waals surface area contributed by atoms with Crippen molar-refractivity contribution in [2.75, 3.05) is 5.32 Å². The fourth-order valence-electron chi connectivity index (χ4n) is 1.99. The van der Waals surface area contributed by atoms with Crippen LogP contribution in [-0.2, 0) is 11.3 Å². The number of amides is 2. The van der Waals surface area contributed by atoms with Gasteiger partial charge >= 0.3 is 12.0 Å². The third-order valence-corrected chi connectivity index (χ3v) is 3.06. The average Bonchev–Trinajstić information content (AvgIpc) is 2.80.